The molecule has 0 saturated heterocycles. The highest BCUT2D eigenvalue weighted by atomic mass is 16.4. The summed E-state index contributed by atoms with van der Waals surface area (Å²) in [5.74, 6) is -0.759. The van der Waals surface area contributed by atoms with E-state index in [0.717, 1.165) is 16.8 Å². The molecule has 92 valence electrons. The van der Waals surface area contributed by atoms with Crippen LogP contribution in [0.25, 0.3) is 0 Å². The number of carboxylic acids is 1. The second-order valence-electron chi connectivity index (χ2n) is 4.09. The van der Waals surface area contributed by atoms with E-state index in [-0.39, 0.29) is 5.56 Å². The van der Waals surface area contributed by atoms with Crippen LogP contribution >= 0.6 is 0 Å². The molecule has 1 aromatic heterocycles. The van der Waals surface area contributed by atoms with Crippen molar-refractivity contribution in [3.05, 3.63) is 47.4 Å². The number of benzene rings is 1. The Morgan fingerprint density at radius 3 is 2.50 bits per heavy atom. The largest absolute Gasteiger partial charge is 0.477 e. The fraction of sp³-hybridized carbons (Fsp3) is 0.154. The van der Waals surface area contributed by atoms with Gasteiger partial charge in [0, 0.05) is 11.9 Å². The van der Waals surface area contributed by atoms with E-state index in [2.05, 4.69) is 15.3 Å². The molecule has 0 fully saturated rings. The van der Waals surface area contributed by atoms with E-state index in [4.69, 9.17) is 5.11 Å². The van der Waals surface area contributed by atoms with Crippen molar-refractivity contribution in [2.45, 2.75) is 13.8 Å². The summed E-state index contributed by atoms with van der Waals surface area (Å²) in [4.78, 5) is 18.7. The van der Waals surface area contributed by atoms with Crippen LogP contribution in [0.5, 0.6) is 0 Å². The van der Waals surface area contributed by atoms with Gasteiger partial charge in [-0.2, -0.15) is 0 Å². The maximum absolute atomic E-state index is 11.0. The van der Waals surface area contributed by atoms with Crippen LogP contribution in [-0.2, 0) is 0 Å². The van der Waals surface area contributed by atoms with Gasteiger partial charge in [0.2, 0.25) is 0 Å². The fourth-order valence-electron chi connectivity index (χ4n) is 1.77. The number of nitrogens with zero attached hydrogens (tertiary/aromatic N) is 2. The molecular weight excluding hydrogens is 230 g/mol. The van der Waals surface area contributed by atoms with Crippen molar-refractivity contribution in [1.29, 1.82) is 0 Å². The zero-order valence-electron chi connectivity index (χ0n) is 10.1. The van der Waals surface area contributed by atoms with E-state index < -0.39 is 5.97 Å². The normalized spacial score (nSPS) is 10.1. The highest BCUT2D eigenvalue weighted by molar-refractivity contribution is 5.93. The summed E-state index contributed by atoms with van der Waals surface area (Å²) in [6, 6.07) is 5.91. The second-order valence-corrected chi connectivity index (χ2v) is 4.09. The van der Waals surface area contributed by atoms with Crippen molar-refractivity contribution >= 4 is 17.5 Å². The number of carboxylic acid groups (broad SMARTS) is 1. The molecule has 0 unspecified atom stereocenters. The molecule has 2 aromatic rings. The third-order valence-corrected chi connectivity index (χ3v) is 2.43. The zero-order chi connectivity index (χ0) is 13.1. The molecule has 0 aliphatic rings. The highest BCUT2D eigenvalue weighted by Gasteiger charge is 2.11. The van der Waals surface area contributed by atoms with Crippen molar-refractivity contribution in [3.63, 3.8) is 0 Å². The molecule has 0 aliphatic heterocycles. The van der Waals surface area contributed by atoms with Crippen LogP contribution in [0, 0.1) is 13.8 Å². The first-order valence-corrected chi connectivity index (χ1v) is 5.45. The van der Waals surface area contributed by atoms with Crippen LogP contribution in [0.4, 0.5) is 11.5 Å². The summed E-state index contributed by atoms with van der Waals surface area (Å²) in [7, 11) is 0. The molecule has 0 saturated carbocycles. The Labute approximate surface area is 105 Å². The van der Waals surface area contributed by atoms with Crippen LogP contribution in [0.2, 0.25) is 0 Å². The summed E-state index contributed by atoms with van der Waals surface area (Å²) in [6.45, 7) is 3.96. The van der Waals surface area contributed by atoms with Gasteiger partial charge in [0.25, 0.3) is 0 Å². The molecule has 0 radical (unpaired) electrons. The summed E-state index contributed by atoms with van der Waals surface area (Å²) < 4.78 is 0. The molecule has 5 heteroatoms. The van der Waals surface area contributed by atoms with Gasteiger partial charge in [-0.3, -0.25) is 0 Å². The number of hydrogen-bond acceptors (Lipinski definition) is 4. The number of rotatable bonds is 3. The number of aromatic carboxylic acids is 1. The summed E-state index contributed by atoms with van der Waals surface area (Å²) in [6.07, 6.45) is 2.59. The van der Waals surface area contributed by atoms with Gasteiger partial charge in [0.1, 0.15) is 17.7 Å². The first kappa shape index (κ1) is 12.0. The number of hydrogen-bond donors (Lipinski definition) is 2. The number of aryl methyl sites for hydroxylation is 2. The van der Waals surface area contributed by atoms with Crippen LogP contribution in [-0.4, -0.2) is 21.0 Å². The molecule has 1 aromatic carbocycles. The minimum absolute atomic E-state index is 0.0525. The lowest BCUT2D eigenvalue weighted by molar-refractivity contribution is 0.0697. The average Bonchev–Trinajstić information content (AvgIpc) is 2.27. The molecule has 5 nitrogen and oxygen atoms in total. The number of nitrogens with one attached hydrogen (secondary N) is 1. The van der Waals surface area contributed by atoms with Gasteiger partial charge < -0.3 is 10.4 Å². The topological polar surface area (TPSA) is 75.1 Å². The van der Waals surface area contributed by atoms with Gasteiger partial charge in [-0.15, -0.1) is 0 Å². The second kappa shape index (κ2) is 4.83. The van der Waals surface area contributed by atoms with E-state index in [1.54, 1.807) is 0 Å². The van der Waals surface area contributed by atoms with Crippen molar-refractivity contribution in [3.8, 4) is 0 Å². The van der Waals surface area contributed by atoms with Crippen LogP contribution < -0.4 is 5.32 Å². The van der Waals surface area contributed by atoms with Crippen molar-refractivity contribution in [2.75, 3.05) is 5.32 Å². The molecule has 0 atom stereocenters. The number of aromatic nitrogens is 2. The minimum atomic E-state index is -1.05. The number of anilines is 2. The molecule has 0 bridgehead atoms. The summed E-state index contributed by atoms with van der Waals surface area (Å²) in [5.41, 5.74) is 3.07. The Kier molecular flexibility index (Phi) is 3.23. The highest BCUT2D eigenvalue weighted by Crippen LogP contribution is 2.20. The zero-order valence-corrected chi connectivity index (χ0v) is 10.1. The van der Waals surface area contributed by atoms with Gasteiger partial charge in [0.05, 0.1) is 0 Å². The van der Waals surface area contributed by atoms with E-state index in [1.807, 2.05) is 32.0 Å². The SMILES string of the molecule is Cc1cc(C)cc(Nc2ncncc2C(=O)O)c1. The van der Waals surface area contributed by atoms with Gasteiger partial charge in [-0.05, 0) is 37.1 Å². The molecule has 2 rings (SSSR count). The Bertz CT molecular complexity index is 576. The van der Waals surface area contributed by atoms with Crippen molar-refractivity contribution in [2.24, 2.45) is 0 Å². The van der Waals surface area contributed by atoms with Gasteiger partial charge in [-0.1, -0.05) is 6.07 Å². The lowest BCUT2D eigenvalue weighted by Gasteiger charge is -2.09. The first-order valence-electron chi connectivity index (χ1n) is 5.45. The summed E-state index contributed by atoms with van der Waals surface area (Å²) in [5, 5.41) is 12.0. The van der Waals surface area contributed by atoms with Gasteiger partial charge in [-0.25, -0.2) is 14.8 Å². The quantitative estimate of drug-likeness (QED) is 0.866. The predicted molar refractivity (Wildman–Crippen MR) is 68.2 cm³/mol. The van der Waals surface area contributed by atoms with Crippen LogP contribution in [0.15, 0.2) is 30.7 Å². The molecule has 0 spiro atoms. The average molecular weight is 243 g/mol. The minimum Gasteiger partial charge on any atom is -0.477 e. The Hall–Kier alpha value is -2.43. The summed E-state index contributed by atoms with van der Waals surface area (Å²) >= 11 is 0. The number of carbonyl (C=O) groups is 1. The third-order valence-electron chi connectivity index (χ3n) is 2.43. The molecule has 1 heterocycles. The lowest BCUT2D eigenvalue weighted by atomic mass is 10.1. The van der Waals surface area contributed by atoms with Crippen molar-refractivity contribution < 1.29 is 9.90 Å². The van der Waals surface area contributed by atoms with Gasteiger partial charge in [0.15, 0.2) is 0 Å². The Balaban J connectivity index is 2.37. The van der Waals surface area contributed by atoms with Crippen LogP contribution in [0.1, 0.15) is 21.5 Å². The smallest absolute Gasteiger partial charge is 0.341 e. The Morgan fingerprint density at radius 1 is 1.22 bits per heavy atom. The Morgan fingerprint density at radius 2 is 1.89 bits per heavy atom. The van der Waals surface area contributed by atoms with E-state index in [9.17, 15) is 4.79 Å². The van der Waals surface area contributed by atoms with E-state index in [0.29, 0.717) is 5.82 Å². The van der Waals surface area contributed by atoms with Crippen LogP contribution in [0.3, 0.4) is 0 Å². The molecule has 0 aliphatic carbocycles. The first-order chi connectivity index (χ1) is 8.56. The van der Waals surface area contributed by atoms with E-state index in [1.165, 1.54) is 12.5 Å². The molecular formula is C13H13N3O2. The van der Waals surface area contributed by atoms with Crippen molar-refractivity contribution in [1.82, 2.24) is 9.97 Å². The molecule has 2 N–H and O–H groups in total. The molecule has 18 heavy (non-hydrogen) atoms. The molecule has 0 amide bonds. The maximum atomic E-state index is 11.0. The fourth-order valence-corrected chi connectivity index (χ4v) is 1.77. The third kappa shape index (κ3) is 2.63. The monoisotopic (exact) mass is 243 g/mol. The predicted octanol–water partition coefficient (Wildman–Crippen LogP) is 2.54. The van der Waals surface area contributed by atoms with Gasteiger partial charge >= 0.3 is 5.97 Å². The lowest BCUT2D eigenvalue weighted by Crippen LogP contribution is -2.05. The maximum Gasteiger partial charge on any atom is 0.341 e. The van der Waals surface area contributed by atoms with E-state index >= 15 is 0 Å². The standard InChI is InChI=1S/C13H13N3O2/c1-8-3-9(2)5-10(4-8)16-12-11(13(17)18)6-14-7-15-12/h3-7H,1-2H3,(H,17,18)(H,14,15,16).